The molecule has 0 aromatic carbocycles. The molecule has 0 atom stereocenters. The number of hydrogen-bond donors (Lipinski definition) is 0. The van der Waals surface area contributed by atoms with Gasteiger partial charge >= 0.3 is 0 Å². The second-order valence-electron chi connectivity index (χ2n) is 3.86. The molecule has 4 nitrogen and oxygen atoms in total. The molecule has 0 saturated carbocycles. The molecule has 2 aromatic heterocycles. The van der Waals surface area contributed by atoms with Crippen LogP contribution in [0.5, 0.6) is 0 Å². The highest BCUT2D eigenvalue weighted by Gasteiger charge is 2.15. The third kappa shape index (κ3) is 1.59. The Balaban J connectivity index is 2.87. The van der Waals surface area contributed by atoms with Crippen molar-refractivity contribution in [2.24, 2.45) is 0 Å². The maximum Gasteiger partial charge on any atom is 0.182 e. The molecule has 80 valence electrons. The average molecular weight is 225 g/mol. The predicted octanol–water partition coefficient (Wildman–Crippen LogP) is 2.68. The lowest BCUT2D eigenvalue weighted by molar-refractivity contribution is 0.599. The van der Waals surface area contributed by atoms with E-state index >= 15 is 0 Å². The maximum absolute atomic E-state index is 6.11. The summed E-state index contributed by atoms with van der Waals surface area (Å²) in [5.74, 6) is 1.57. The summed E-state index contributed by atoms with van der Waals surface area (Å²) in [6.45, 7) is 7.94. The van der Waals surface area contributed by atoms with Crippen LogP contribution in [0, 0.1) is 13.8 Å². The molecule has 0 N–H and O–H groups in total. The van der Waals surface area contributed by atoms with Gasteiger partial charge in [0.25, 0.3) is 0 Å². The van der Waals surface area contributed by atoms with Crippen molar-refractivity contribution in [1.82, 2.24) is 19.5 Å². The fourth-order valence-electron chi connectivity index (χ4n) is 1.80. The Bertz CT molecular complexity index is 516. The number of fused-ring (bicyclic) bond motifs is 1. The van der Waals surface area contributed by atoms with E-state index in [2.05, 4.69) is 33.4 Å². The summed E-state index contributed by atoms with van der Waals surface area (Å²) in [4.78, 5) is 12.8. The summed E-state index contributed by atoms with van der Waals surface area (Å²) in [7, 11) is 0. The van der Waals surface area contributed by atoms with Crippen LogP contribution in [0.4, 0.5) is 0 Å². The summed E-state index contributed by atoms with van der Waals surface area (Å²) < 4.78 is 2.05. The first-order valence-corrected chi connectivity index (χ1v) is 5.27. The molecule has 5 heteroatoms. The second-order valence-corrected chi connectivity index (χ2v) is 4.21. The minimum Gasteiger partial charge on any atom is -0.322 e. The molecule has 0 unspecified atom stereocenters. The van der Waals surface area contributed by atoms with Crippen LogP contribution >= 0.6 is 11.6 Å². The fraction of sp³-hybridized carbons (Fsp3) is 0.500. The van der Waals surface area contributed by atoms with Crippen molar-refractivity contribution in [3.8, 4) is 0 Å². The molecule has 0 aliphatic heterocycles. The topological polar surface area (TPSA) is 43.6 Å². The van der Waals surface area contributed by atoms with Gasteiger partial charge in [-0.2, -0.15) is 0 Å². The molecule has 2 heterocycles. The van der Waals surface area contributed by atoms with Gasteiger partial charge in [-0.1, -0.05) is 11.6 Å². The number of aryl methyl sites for hydroxylation is 2. The molecule has 0 amide bonds. The van der Waals surface area contributed by atoms with Gasteiger partial charge < -0.3 is 4.57 Å². The van der Waals surface area contributed by atoms with E-state index in [1.54, 1.807) is 0 Å². The highest BCUT2D eigenvalue weighted by atomic mass is 35.5. The van der Waals surface area contributed by atoms with Gasteiger partial charge in [0.15, 0.2) is 10.8 Å². The standard InChI is InChI=1S/C10H13ClN4/c1-5(2)15-7(4)14-10-8(15)9(11)12-6(3)13-10/h5H,1-4H3. The third-order valence-corrected chi connectivity index (χ3v) is 2.57. The number of hydrogen-bond acceptors (Lipinski definition) is 3. The van der Waals surface area contributed by atoms with Gasteiger partial charge in [0.2, 0.25) is 0 Å². The Hall–Kier alpha value is -1.16. The highest BCUT2D eigenvalue weighted by Crippen LogP contribution is 2.24. The van der Waals surface area contributed by atoms with Crippen LogP contribution in [0.1, 0.15) is 31.5 Å². The van der Waals surface area contributed by atoms with Crippen molar-refractivity contribution in [1.29, 1.82) is 0 Å². The van der Waals surface area contributed by atoms with E-state index in [-0.39, 0.29) is 0 Å². The SMILES string of the molecule is Cc1nc(Cl)c2c(n1)nc(C)n2C(C)C. The first-order chi connectivity index (χ1) is 7.00. The van der Waals surface area contributed by atoms with Gasteiger partial charge in [-0.25, -0.2) is 15.0 Å². The van der Waals surface area contributed by atoms with E-state index in [0.29, 0.717) is 22.7 Å². The zero-order chi connectivity index (χ0) is 11.2. The summed E-state index contributed by atoms with van der Waals surface area (Å²) >= 11 is 6.11. The van der Waals surface area contributed by atoms with Crippen LogP contribution in [0.3, 0.4) is 0 Å². The normalized spacial score (nSPS) is 11.6. The summed E-state index contributed by atoms with van der Waals surface area (Å²) in [6, 6.07) is 0.304. The van der Waals surface area contributed by atoms with E-state index in [9.17, 15) is 0 Å². The van der Waals surface area contributed by atoms with Crippen LogP contribution in [0.25, 0.3) is 11.2 Å². The Kier molecular flexibility index (Phi) is 2.38. The van der Waals surface area contributed by atoms with Gasteiger partial charge in [0.1, 0.15) is 17.2 Å². The van der Waals surface area contributed by atoms with Crippen LogP contribution in [-0.4, -0.2) is 19.5 Å². The van der Waals surface area contributed by atoms with E-state index in [4.69, 9.17) is 11.6 Å². The van der Waals surface area contributed by atoms with E-state index in [1.165, 1.54) is 0 Å². The number of aromatic nitrogens is 4. The molecule has 0 spiro atoms. The number of rotatable bonds is 1. The van der Waals surface area contributed by atoms with Crippen LogP contribution < -0.4 is 0 Å². The third-order valence-electron chi connectivity index (χ3n) is 2.31. The lowest BCUT2D eigenvalue weighted by Gasteiger charge is -2.10. The lowest BCUT2D eigenvalue weighted by Crippen LogP contribution is -2.03. The molecular weight excluding hydrogens is 212 g/mol. The zero-order valence-corrected chi connectivity index (χ0v) is 10.0. The van der Waals surface area contributed by atoms with Gasteiger partial charge in [-0.05, 0) is 27.7 Å². The number of nitrogens with zero attached hydrogens (tertiary/aromatic N) is 4. The van der Waals surface area contributed by atoms with Crippen LogP contribution in [-0.2, 0) is 0 Å². The Morgan fingerprint density at radius 2 is 1.80 bits per heavy atom. The van der Waals surface area contributed by atoms with Crippen LogP contribution in [0.2, 0.25) is 5.15 Å². The fourth-order valence-corrected chi connectivity index (χ4v) is 2.10. The first-order valence-electron chi connectivity index (χ1n) is 4.89. The van der Waals surface area contributed by atoms with Gasteiger partial charge in [0, 0.05) is 6.04 Å². The first kappa shape index (κ1) is 10.4. The van der Waals surface area contributed by atoms with Crippen molar-refractivity contribution >= 4 is 22.8 Å². The summed E-state index contributed by atoms with van der Waals surface area (Å²) in [6.07, 6.45) is 0. The largest absolute Gasteiger partial charge is 0.322 e. The molecule has 0 fully saturated rings. The molecule has 2 aromatic rings. The van der Waals surface area contributed by atoms with E-state index in [1.807, 2.05) is 13.8 Å². The molecule has 0 aliphatic carbocycles. The summed E-state index contributed by atoms with van der Waals surface area (Å²) in [5, 5.41) is 0.479. The van der Waals surface area contributed by atoms with Crippen molar-refractivity contribution in [2.45, 2.75) is 33.7 Å². The van der Waals surface area contributed by atoms with Crippen LogP contribution in [0.15, 0.2) is 0 Å². The van der Waals surface area contributed by atoms with Gasteiger partial charge in [-0.3, -0.25) is 0 Å². The van der Waals surface area contributed by atoms with Crippen molar-refractivity contribution in [3.63, 3.8) is 0 Å². The maximum atomic E-state index is 6.11. The Morgan fingerprint density at radius 1 is 1.13 bits per heavy atom. The molecule has 2 rings (SSSR count). The second kappa shape index (κ2) is 3.45. The summed E-state index contributed by atoms with van der Waals surface area (Å²) in [5.41, 5.74) is 1.51. The Morgan fingerprint density at radius 3 is 2.40 bits per heavy atom. The highest BCUT2D eigenvalue weighted by molar-refractivity contribution is 6.33. The van der Waals surface area contributed by atoms with Crippen molar-refractivity contribution in [2.75, 3.05) is 0 Å². The molecule has 0 radical (unpaired) electrons. The van der Waals surface area contributed by atoms with Gasteiger partial charge in [0.05, 0.1) is 0 Å². The number of halogens is 1. The average Bonchev–Trinajstić information content (AvgIpc) is 2.40. The lowest BCUT2D eigenvalue weighted by atomic mass is 10.3. The molecule has 0 saturated heterocycles. The Labute approximate surface area is 93.3 Å². The smallest absolute Gasteiger partial charge is 0.182 e. The zero-order valence-electron chi connectivity index (χ0n) is 9.24. The molecular formula is C10H13ClN4. The quantitative estimate of drug-likeness (QED) is 0.700. The van der Waals surface area contributed by atoms with E-state index in [0.717, 1.165) is 11.3 Å². The van der Waals surface area contributed by atoms with Gasteiger partial charge in [-0.15, -0.1) is 0 Å². The minimum atomic E-state index is 0.304. The molecule has 15 heavy (non-hydrogen) atoms. The molecule has 0 aliphatic rings. The molecule has 0 bridgehead atoms. The van der Waals surface area contributed by atoms with Crippen molar-refractivity contribution < 1.29 is 0 Å². The predicted molar refractivity (Wildman–Crippen MR) is 60.2 cm³/mol. The van der Waals surface area contributed by atoms with Crippen molar-refractivity contribution in [3.05, 3.63) is 16.8 Å². The van der Waals surface area contributed by atoms with E-state index < -0.39 is 0 Å². The minimum absolute atomic E-state index is 0.304. The number of imidazole rings is 1. The monoisotopic (exact) mass is 224 g/mol.